The van der Waals surface area contributed by atoms with Crippen molar-refractivity contribution in [2.45, 2.75) is 16.4 Å². The minimum Gasteiger partial charge on any atom is -0.495 e. The van der Waals surface area contributed by atoms with E-state index in [0.29, 0.717) is 0 Å². The maximum atomic E-state index is 11.3. The molecule has 0 heterocycles. The maximum absolute atomic E-state index is 11.3. The second-order valence-electron chi connectivity index (χ2n) is 3.36. The molecule has 0 atom stereocenters. The first-order valence-corrected chi connectivity index (χ1v) is 7.58. The van der Waals surface area contributed by atoms with Gasteiger partial charge in [-0.3, -0.25) is 0 Å². The quantitative estimate of drug-likeness (QED) is 0.614. The largest absolute Gasteiger partial charge is 0.495 e. The van der Waals surface area contributed by atoms with Gasteiger partial charge in [0.15, 0.2) is 0 Å². The van der Waals surface area contributed by atoms with Gasteiger partial charge < -0.3 is 9.84 Å². The minimum atomic E-state index is -4.22. The zero-order chi connectivity index (χ0) is 14.1. The number of hydrogen-bond donors (Lipinski definition) is 3. The Bertz CT molecular complexity index is 665. The van der Waals surface area contributed by atoms with Crippen LogP contribution in [-0.2, 0) is 26.7 Å². The van der Waals surface area contributed by atoms with Crippen molar-refractivity contribution in [2.24, 2.45) is 10.3 Å². The normalized spacial score (nSPS) is 12.4. The lowest BCUT2D eigenvalue weighted by Crippen LogP contribution is -2.18. The van der Waals surface area contributed by atoms with Gasteiger partial charge in [0.05, 0.1) is 18.6 Å². The van der Waals surface area contributed by atoms with Crippen LogP contribution in [0.4, 0.5) is 0 Å². The Labute approximate surface area is 104 Å². The van der Waals surface area contributed by atoms with Crippen LogP contribution in [0, 0.1) is 0 Å². The van der Waals surface area contributed by atoms with Gasteiger partial charge in [-0.25, -0.2) is 27.1 Å². The number of aliphatic hydroxyl groups is 1. The summed E-state index contributed by atoms with van der Waals surface area (Å²) in [5.74, 6) is -0.215. The fraction of sp³-hybridized carbons (Fsp3) is 0.250. The van der Waals surface area contributed by atoms with Gasteiger partial charge in [0.25, 0.3) is 0 Å². The summed E-state index contributed by atoms with van der Waals surface area (Å²) in [6.07, 6.45) is 0. The summed E-state index contributed by atoms with van der Waals surface area (Å²) in [5.41, 5.74) is -0.0481. The first-order chi connectivity index (χ1) is 8.11. The van der Waals surface area contributed by atoms with Gasteiger partial charge in [0.2, 0.25) is 20.0 Å². The smallest absolute Gasteiger partial charge is 0.241 e. The lowest BCUT2D eigenvalue weighted by Gasteiger charge is -2.12. The minimum absolute atomic E-state index is 0.0481. The molecule has 0 aromatic heterocycles. The van der Waals surface area contributed by atoms with Gasteiger partial charge in [0.1, 0.15) is 10.6 Å². The van der Waals surface area contributed by atoms with E-state index in [9.17, 15) is 16.8 Å². The van der Waals surface area contributed by atoms with Gasteiger partial charge in [-0.05, 0) is 12.1 Å². The predicted octanol–water partition coefficient (Wildman–Crippen LogP) is -1.52. The van der Waals surface area contributed by atoms with E-state index in [1.807, 2.05) is 0 Å². The highest BCUT2D eigenvalue weighted by Crippen LogP contribution is 2.30. The van der Waals surface area contributed by atoms with Crippen LogP contribution < -0.4 is 15.0 Å². The molecule has 0 unspecified atom stereocenters. The summed E-state index contributed by atoms with van der Waals surface area (Å²) in [7, 11) is -7.18. The summed E-state index contributed by atoms with van der Waals surface area (Å²) in [6, 6.07) is 1.80. The molecular formula is C8H12N2O6S2. The summed E-state index contributed by atoms with van der Waals surface area (Å²) < 4.78 is 49.9. The molecule has 18 heavy (non-hydrogen) atoms. The summed E-state index contributed by atoms with van der Waals surface area (Å²) >= 11 is 0. The first-order valence-electron chi connectivity index (χ1n) is 4.48. The molecular weight excluding hydrogens is 284 g/mol. The third kappa shape index (κ3) is 2.97. The van der Waals surface area contributed by atoms with Crippen molar-refractivity contribution < 1.29 is 26.7 Å². The number of primary sulfonamides is 2. The highest BCUT2D eigenvalue weighted by atomic mass is 32.2. The van der Waals surface area contributed by atoms with E-state index in [4.69, 9.17) is 20.1 Å². The topological polar surface area (TPSA) is 150 Å². The van der Waals surface area contributed by atoms with Gasteiger partial charge in [-0.15, -0.1) is 0 Å². The number of rotatable bonds is 4. The standard InChI is InChI=1S/C8H12N2O6S2/c1-16-8-5(4-11)2-6(17(9,12)13)3-7(8)18(10,14)15/h2-3,11H,4H2,1H3,(H2,9,12,13)(H2,10,14,15). The summed E-state index contributed by atoms with van der Waals surface area (Å²) in [6.45, 7) is -0.630. The monoisotopic (exact) mass is 296 g/mol. The highest BCUT2D eigenvalue weighted by molar-refractivity contribution is 7.90. The van der Waals surface area contributed by atoms with Crippen molar-refractivity contribution in [1.29, 1.82) is 0 Å². The zero-order valence-corrected chi connectivity index (χ0v) is 11.0. The van der Waals surface area contributed by atoms with Crippen molar-refractivity contribution in [3.05, 3.63) is 17.7 Å². The molecule has 0 aliphatic carbocycles. The van der Waals surface area contributed by atoms with E-state index in [1.165, 1.54) is 7.11 Å². The lowest BCUT2D eigenvalue weighted by atomic mass is 10.2. The van der Waals surface area contributed by atoms with Crippen LogP contribution in [0.3, 0.4) is 0 Å². The van der Waals surface area contributed by atoms with Crippen LogP contribution in [0.2, 0.25) is 0 Å². The highest BCUT2D eigenvalue weighted by Gasteiger charge is 2.22. The Kier molecular flexibility index (Phi) is 3.98. The number of methoxy groups -OCH3 is 1. The van der Waals surface area contributed by atoms with Crippen molar-refractivity contribution >= 4 is 20.0 Å². The van der Waals surface area contributed by atoms with E-state index in [-0.39, 0.29) is 11.3 Å². The summed E-state index contributed by atoms with van der Waals surface area (Å²) in [4.78, 5) is -1.03. The van der Waals surface area contributed by atoms with E-state index >= 15 is 0 Å². The van der Waals surface area contributed by atoms with E-state index in [0.717, 1.165) is 12.1 Å². The van der Waals surface area contributed by atoms with Crippen LogP contribution in [0.15, 0.2) is 21.9 Å². The van der Waals surface area contributed by atoms with Crippen LogP contribution in [0.1, 0.15) is 5.56 Å². The van der Waals surface area contributed by atoms with E-state index in [1.54, 1.807) is 0 Å². The fourth-order valence-electron chi connectivity index (χ4n) is 1.36. The average molecular weight is 296 g/mol. The molecule has 0 radical (unpaired) electrons. The zero-order valence-electron chi connectivity index (χ0n) is 9.32. The van der Waals surface area contributed by atoms with Crippen molar-refractivity contribution in [1.82, 2.24) is 0 Å². The molecule has 0 amide bonds. The average Bonchev–Trinajstić information content (AvgIpc) is 2.24. The second kappa shape index (κ2) is 4.82. The predicted molar refractivity (Wildman–Crippen MR) is 61.7 cm³/mol. The number of benzene rings is 1. The maximum Gasteiger partial charge on any atom is 0.241 e. The molecule has 0 saturated carbocycles. The van der Waals surface area contributed by atoms with E-state index in [2.05, 4.69) is 0 Å². The molecule has 5 N–H and O–H groups in total. The molecule has 0 aliphatic heterocycles. The third-order valence-electron chi connectivity index (χ3n) is 2.11. The molecule has 1 rings (SSSR count). The van der Waals surface area contributed by atoms with Crippen LogP contribution in [0.25, 0.3) is 0 Å². The Morgan fingerprint density at radius 2 is 1.72 bits per heavy atom. The number of hydrogen-bond acceptors (Lipinski definition) is 6. The number of sulfonamides is 2. The van der Waals surface area contributed by atoms with Crippen molar-refractivity contribution in [3.8, 4) is 5.75 Å². The SMILES string of the molecule is COc1c(CO)cc(S(N)(=O)=O)cc1S(N)(=O)=O. The van der Waals surface area contributed by atoms with Gasteiger partial charge in [-0.1, -0.05) is 0 Å². The molecule has 1 aromatic rings. The van der Waals surface area contributed by atoms with E-state index < -0.39 is 36.4 Å². The van der Waals surface area contributed by atoms with Gasteiger partial charge in [-0.2, -0.15) is 0 Å². The molecule has 0 fully saturated rings. The second-order valence-corrected chi connectivity index (χ2v) is 6.45. The van der Waals surface area contributed by atoms with Crippen LogP contribution in [0.5, 0.6) is 5.75 Å². The number of nitrogens with two attached hydrogens (primary N) is 2. The Morgan fingerprint density at radius 1 is 1.17 bits per heavy atom. The van der Waals surface area contributed by atoms with Crippen LogP contribution >= 0.6 is 0 Å². The van der Waals surface area contributed by atoms with Gasteiger partial charge >= 0.3 is 0 Å². The molecule has 0 spiro atoms. The lowest BCUT2D eigenvalue weighted by molar-refractivity contribution is 0.272. The number of aliphatic hydroxyl groups excluding tert-OH is 1. The number of ether oxygens (including phenoxy) is 1. The van der Waals surface area contributed by atoms with Crippen molar-refractivity contribution in [2.75, 3.05) is 7.11 Å². The fourth-order valence-corrected chi connectivity index (χ4v) is 2.78. The van der Waals surface area contributed by atoms with Crippen LogP contribution in [-0.4, -0.2) is 29.1 Å². The summed E-state index contributed by atoms with van der Waals surface area (Å²) in [5, 5.41) is 18.9. The Morgan fingerprint density at radius 3 is 2.06 bits per heavy atom. The molecule has 102 valence electrons. The Hall–Kier alpha value is -1.20. The van der Waals surface area contributed by atoms with Gasteiger partial charge in [0, 0.05) is 5.56 Å². The molecule has 8 nitrogen and oxygen atoms in total. The molecule has 1 aromatic carbocycles. The molecule has 0 saturated heterocycles. The van der Waals surface area contributed by atoms with Crippen molar-refractivity contribution in [3.63, 3.8) is 0 Å². The molecule has 0 aliphatic rings. The Balaban J connectivity index is 3.79. The molecule has 0 bridgehead atoms. The first kappa shape index (κ1) is 14.9. The molecule has 10 heteroatoms. The third-order valence-corrected chi connectivity index (χ3v) is 3.92.